The molecule has 0 saturated carbocycles. The summed E-state index contributed by atoms with van der Waals surface area (Å²) in [5, 5.41) is 10.6. The minimum atomic E-state index is -0.914. The molecule has 4 nitrogen and oxygen atoms in total. The van der Waals surface area contributed by atoms with E-state index < -0.39 is 5.60 Å². The molecule has 2 aromatic rings. The largest absolute Gasteiger partial charge is 0.491 e. The van der Waals surface area contributed by atoms with Crippen LogP contribution < -0.4 is 4.74 Å². The Balaban J connectivity index is 1.48. The predicted octanol–water partition coefficient (Wildman–Crippen LogP) is 2.80. The molecule has 25 heavy (non-hydrogen) atoms. The number of para-hydroxylation sites is 1. The lowest BCUT2D eigenvalue weighted by atomic mass is 9.92. The van der Waals surface area contributed by atoms with Crippen LogP contribution >= 0.6 is 0 Å². The molecule has 5 heteroatoms. The van der Waals surface area contributed by atoms with Gasteiger partial charge in [0.15, 0.2) is 0 Å². The van der Waals surface area contributed by atoms with Crippen molar-refractivity contribution in [2.45, 2.75) is 24.9 Å². The Labute approximate surface area is 146 Å². The molecule has 0 spiro atoms. The van der Waals surface area contributed by atoms with Crippen LogP contribution in [-0.4, -0.2) is 41.2 Å². The number of hydrogen-bond acceptors (Lipinski definition) is 3. The predicted molar refractivity (Wildman–Crippen MR) is 92.8 cm³/mol. The van der Waals surface area contributed by atoms with E-state index in [0.29, 0.717) is 25.9 Å². The SMILES string of the molecule is O=C(Cc1ccc(F)cc1)N1CCC(O)(COc2ccccc2)CC1. The van der Waals surface area contributed by atoms with Crippen molar-refractivity contribution in [3.05, 3.63) is 66.0 Å². The summed E-state index contributed by atoms with van der Waals surface area (Å²) in [7, 11) is 0. The van der Waals surface area contributed by atoms with Crippen LogP contribution in [0, 0.1) is 5.82 Å². The summed E-state index contributed by atoms with van der Waals surface area (Å²) in [5.74, 6) is 0.418. The van der Waals surface area contributed by atoms with Gasteiger partial charge in [0.25, 0.3) is 0 Å². The van der Waals surface area contributed by atoms with Gasteiger partial charge >= 0.3 is 0 Å². The molecule has 3 rings (SSSR count). The Bertz CT molecular complexity index is 695. The van der Waals surface area contributed by atoms with Crippen molar-refractivity contribution in [3.63, 3.8) is 0 Å². The summed E-state index contributed by atoms with van der Waals surface area (Å²) in [4.78, 5) is 14.1. The average Bonchev–Trinajstić information content (AvgIpc) is 2.63. The van der Waals surface area contributed by atoms with Crippen LogP contribution in [0.5, 0.6) is 5.75 Å². The van der Waals surface area contributed by atoms with Crippen molar-refractivity contribution in [1.82, 2.24) is 4.90 Å². The monoisotopic (exact) mass is 343 g/mol. The van der Waals surface area contributed by atoms with Gasteiger partial charge in [-0.05, 0) is 42.7 Å². The Morgan fingerprint density at radius 1 is 1.08 bits per heavy atom. The van der Waals surface area contributed by atoms with Crippen LogP contribution in [0.25, 0.3) is 0 Å². The van der Waals surface area contributed by atoms with E-state index in [1.54, 1.807) is 17.0 Å². The second kappa shape index (κ2) is 7.66. The normalized spacial score (nSPS) is 16.5. The molecule has 0 atom stereocenters. The van der Waals surface area contributed by atoms with Gasteiger partial charge in [-0.1, -0.05) is 30.3 Å². The van der Waals surface area contributed by atoms with E-state index in [-0.39, 0.29) is 24.8 Å². The van der Waals surface area contributed by atoms with Gasteiger partial charge in [0.2, 0.25) is 5.91 Å². The maximum absolute atomic E-state index is 12.9. The summed E-state index contributed by atoms with van der Waals surface area (Å²) in [5.41, 5.74) is -0.123. The molecule has 1 heterocycles. The molecule has 0 bridgehead atoms. The van der Waals surface area contributed by atoms with Gasteiger partial charge in [-0.2, -0.15) is 0 Å². The number of aliphatic hydroxyl groups is 1. The first-order chi connectivity index (χ1) is 12.0. The van der Waals surface area contributed by atoms with Crippen molar-refractivity contribution in [2.75, 3.05) is 19.7 Å². The topological polar surface area (TPSA) is 49.8 Å². The Morgan fingerprint density at radius 3 is 2.36 bits per heavy atom. The van der Waals surface area contributed by atoms with Crippen molar-refractivity contribution in [2.24, 2.45) is 0 Å². The molecule has 0 aromatic heterocycles. The van der Waals surface area contributed by atoms with E-state index in [1.807, 2.05) is 30.3 Å². The Hall–Kier alpha value is -2.40. The van der Waals surface area contributed by atoms with Crippen LogP contribution in [0.3, 0.4) is 0 Å². The molecular formula is C20H22FNO3. The Kier molecular flexibility index (Phi) is 5.34. The number of likely N-dealkylation sites (tertiary alicyclic amines) is 1. The van der Waals surface area contributed by atoms with E-state index in [4.69, 9.17) is 4.74 Å². The number of rotatable bonds is 5. The van der Waals surface area contributed by atoms with E-state index in [2.05, 4.69) is 0 Å². The van der Waals surface area contributed by atoms with E-state index in [9.17, 15) is 14.3 Å². The van der Waals surface area contributed by atoms with Crippen molar-refractivity contribution < 1.29 is 19.0 Å². The zero-order chi connectivity index (χ0) is 17.7. The van der Waals surface area contributed by atoms with Crippen LogP contribution in [0.1, 0.15) is 18.4 Å². The molecule has 1 fully saturated rings. The second-order valence-corrected chi connectivity index (χ2v) is 6.51. The summed E-state index contributed by atoms with van der Waals surface area (Å²) in [6.45, 7) is 1.21. The number of carbonyl (C=O) groups excluding carboxylic acids is 1. The van der Waals surface area contributed by atoms with E-state index >= 15 is 0 Å². The van der Waals surface area contributed by atoms with Crippen LogP contribution in [0.2, 0.25) is 0 Å². The number of ether oxygens (including phenoxy) is 1. The highest BCUT2D eigenvalue weighted by atomic mass is 19.1. The second-order valence-electron chi connectivity index (χ2n) is 6.51. The number of carbonyl (C=O) groups is 1. The maximum atomic E-state index is 12.9. The third kappa shape index (κ3) is 4.79. The molecule has 0 aliphatic carbocycles. The minimum Gasteiger partial charge on any atom is -0.491 e. The van der Waals surface area contributed by atoms with Gasteiger partial charge in [-0.25, -0.2) is 4.39 Å². The number of hydrogen-bond donors (Lipinski definition) is 1. The fourth-order valence-corrected chi connectivity index (χ4v) is 2.94. The Morgan fingerprint density at radius 2 is 1.72 bits per heavy atom. The molecule has 2 aromatic carbocycles. The summed E-state index contributed by atoms with van der Waals surface area (Å²) < 4.78 is 18.6. The third-order valence-electron chi connectivity index (χ3n) is 4.57. The number of nitrogens with zero attached hydrogens (tertiary/aromatic N) is 1. The van der Waals surface area contributed by atoms with Crippen molar-refractivity contribution in [3.8, 4) is 5.75 Å². The molecule has 1 saturated heterocycles. The molecule has 1 aliphatic heterocycles. The van der Waals surface area contributed by atoms with Crippen molar-refractivity contribution in [1.29, 1.82) is 0 Å². The minimum absolute atomic E-state index is 0.00219. The zero-order valence-corrected chi connectivity index (χ0v) is 14.0. The first-order valence-electron chi connectivity index (χ1n) is 8.47. The first kappa shape index (κ1) is 17.4. The van der Waals surface area contributed by atoms with Crippen LogP contribution in [0.4, 0.5) is 4.39 Å². The summed E-state index contributed by atoms with van der Waals surface area (Å²) in [6.07, 6.45) is 1.21. The standard InChI is InChI=1S/C20H22FNO3/c21-17-8-6-16(7-9-17)14-19(23)22-12-10-20(24,11-13-22)15-25-18-4-2-1-3-5-18/h1-9,24H,10-15H2. The smallest absolute Gasteiger partial charge is 0.226 e. The van der Waals surface area contributed by atoms with Gasteiger partial charge in [0.05, 0.1) is 6.42 Å². The lowest BCUT2D eigenvalue weighted by Gasteiger charge is -2.38. The highest BCUT2D eigenvalue weighted by Crippen LogP contribution is 2.24. The average molecular weight is 343 g/mol. The van der Waals surface area contributed by atoms with Gasteiger partial charge < -0.3 is 14.7 Å². The van der Waals surface area contributed by atoms with Crippen LogP contribution in [-0.2, 0) is 11.2 Å². The molecule has 0 unspecified atom stereocenters. The molecule has 1 amide bonds. The third-order valence-corrected chi connectivity index (χ3v) is 4.57. The number of benzene rings is 2. The van der Waals surface area contributed by atoms with Crippen LogP contribution in [0.15, 0.2) is 54.6 Å². The molecule has 132 valence electrons. The molecular weight excluding hydrogens is 321 g/mol. The van der Waals surface area contributed by atoms with Crippen molar-refractivity contribution >= 4 is 5.91 Å². The van der Waals surface area contributed by atoms with E-state index in [1.165, 1.54) is 12.1 Å². The summed E-state index contributed by atoms with van der Waals surface area (Å²) in [6, 6.07) is 15.4. The quantitative estimate of drug-likeness (QED) is 0.908. The van der Waals surface area contributed by atoms with Gasteiger partial charge in [-0.15, -0.1) is 0 Å². The zero-order valence-electron chi connectivity index (χ0n) is 14.0. The fraction of sp³-hybridized carbons (Fsp3) is 0.350. The molecule has 1 aliphatic rings. The highest BCUT2D eigenvalue weighted by Gasteiger charge is 2.34. The van der Waals surface area contributed by atoms with Gasteiger partial charge in [-0.3, -0.25) is 4.79 Å². The van der Waals surface area contributed by atoms with Gasteiger partial charge in [0.1, 0.15) is 23.8 Å². The van der Waals surface area contributed by atoms with E-state index in [0.717, 1.165) is 11.3 Å². The number of amides is 1. The lowest BCUT2D eigenvalue weighted by molar-refractivity contribution is -0.135. The lowest BCUT2D eigenvalue weighted by Crippen LogP contribution is -2.49. The van der Waals surface area contributed by atoms with Gasteiger partial charge in [0, 0.05) is 13.1 Å². The number of piperidine rings is 1. The summed E-state index contributed by atoms with van der Waals surface area (Å²) >= 11 is 0. The number of halogens is 1. The molecule has 0 radical (unpaired) electrons. The maximum Gasteiger partial charge on any atom is 0.226 e. The molecule has 1 N–H and O–H groups in total. The first-order valence-corrected chi connectivity index (χ1v) is 8.47. The highest BCUT2D eigenvalue weighted by molar-refractivity contribution is 5.78. The fourth-order valence-electron chi connectivity index (χ4n) is 2.94.